The maximum Gasteiger partial charge on any atom is 0.330 e. The van der Waals surface area contributed by atoms with Gasteiger partial charge in [0.15, 0.2) is 0 Å². The molecule has 1 N–H and O–H groups in total. The number of ether oxygens (including phenoxy) is 2. The van der Waals surface area contributed by atoms with E-state index in [0.717, 1.165) is 4.57 Å². The van der Waals surface area contributed by atoms with Gasteiger partial charge in [-0.05, 0) is 19.1 Å². The molecule has 0 atom stereocenters. The zero-order valence-electron chi connectivity index (χ0n) is 23.5. The van der Waals surface area contributed by atoms with Crippen LogP contribution in [0.25, 0.3) is 27.8 Å². The van der Waals surface area contributed by atoms with Gasteiger partial charge < -0.3 is 19.4 Å². The van der Waals surface area contributed by atoms with Gasteiger partial charge in [0.05, 0.1) is 47.1 Å². The van der Waals surface area contributed by atoms with E-state index in [-0.39, 0.29) is 22.7 Å². The number of carbonyl (C=O) groups is 1. The topological polar surface area (TPSA) is 140 Å². The predicted octanol–water partition coefficient (Wildman–Crippen LogP) is 4.18. The summed E-state index contributed by atoms with van der Waals surface area (Å²) in [5.74, 6) is 0.223. The number of nitro benzene ring substituents is 1. The third-order valence-corrected chi connectivity index (χ3v) is 7.16. The van der Waals surface area contributed by atoms with E-state index >= 15 is 0 Å². The number of aryl methyl sites for hydroxylation is 2. The van der Waals surface area contributed by atoms with Crippen molar-refractivity contribution in [1.29, 1.82) is 0 Å². The molecule has 0 aliphatic heterocycles. The summed E-state index contributed by atoms with van der Waals surface area (Å²) in [5.41, 5.74) is 1.39. The summed E-state index contributed by atoms with van der Waals surface area (Å²) < 4.78 is 15.3. The lowest BCUT2D eigenvalue weighted by atomic mass is 10.1. The number of anilines is 1. The Kier molecular flexibility index (Phi) is 7.13. The van der Waals surface area contributed by atoms with Gasteiger partial charge >= 0.3 is 5.69 Å². The Bertz CT molecular complexity index is 2010. The van der Waals surface area contributed by atoms with Crippen LogP contribution in [0.15, 0.2) is 76.4 Å². The highest BCUT2D eigenvalue weighted by Gasteiger charge is 2.25. The summed E-state index contributed by atoms with van der Waals surface area (Å²) in [6.07, 6.45) is 1.60. The quantitative estimate of drug-likeness (QED) is 0.229. The van der Waals surface area contributed by atoms with Crippen LogP contribution in [0.4, 0.5) is 11.4 Å². The second-order valence-corrected chi connectivity index (χ2v) is 9.62. The minimum absolute atomic E-state index is 0.126. The molecular weight excluding hydrogens is 542 g/mol. The van der Waals surface area contributed by atoms with Crippen LogP contribution in [0.3, 0.4) is 0 Å². The van der Waals surface area contributed by atoms with E-state index in [0.29, 0.717) is 45.0 Å². The van der Waals surface area contributed by atoms with Gasteiger partial charge in [-0.25, -0.2) is 4.79 Å². The van der Waals surface area contributed by atoms with Crippen molar-refractivity contribution in [2.24, 2.45) is 14.1 Å². The number of nitrogens with one attached hydrogen (secondary N) is 1. The summed E-state index contributed by atoms with van der Waals surface area (Å²) in [6, 6.07) is 16.5. The second-order valence-electron chi connectivity index (χ2n) is 9.62. The molecule has 1 amide bonds. The lowest BCUT2D eigenvalue weighted by Gasteiger charge is -2.18. The fourth-order valence-corrected chi connectivity index (χ4v) is 4.92. The minimum atomic E-state index is -0.567. The smallest absolute Gasteiger partial charge is 0.330 e. The molecule has 0 aliphatic carbocycles. The maximum absolute atomic E-state index is 13.5. The van der Waals surface area contributed by atoms with E-state index < -0.39 is 16.2 Å². The highest BCUT2D eigenvalue weighted by molar-refractivity contribution is 6.05. The summed E-state index contributed by atoms with van der Waals surface area (Å²) in [5, 5.41) is 14.8. The van der Waals surface area contributed by atoms with Gasteiger partial charge in [0.1, 0.15) is 11.5 Å². The molecule has 0 bridgehead atoms. The molecule has 0 saturated carbocycles. The molecule has 0 fully saturated rings. The Morgan fingerprint density at radius 3 is 2.26 bits per heavy atom. The monoisotopic (exact) mass is 569 g/mol. The van der Waals surface area contributed by atoms with Crippen LogP contribution in [-0.2, 0) is 14.1 Å². The van der Waals surface area contributed by atoms with Crippen molar-refractivity contribution >= 4 is 28.2 Å². The summed E-state index contributed by atoms with van der Waals surface area (Å²) in [7, 11) is 5.80. The van der Waals surface area contributed by atoms with Crippen molar-refractivity contribution in [3.05, 3.63) is 109 Å². The van der Waals surface area contributed by atoms with Crippen molar-refractivity contribution in [1.82, 2.24) is 13.7 Å². The van der Waals surface area contributed by atoms with Crippen LogP contribution < -0.4 is 26.0 Å². The summed E-state index contributed by atoms with van der Waals surface area (Å²) in [4.78, 5) is 50.6. The lowest BCUT2D eigenvalue weighted by molar-refractivity contribution is -0.385. The van der Waals surface area contributed by atoms with Gasteiger partial charge in [0.25, 0.3) is 17.2 Å². The van der Waals surface area contributed by atoms with Crippen molar-refractivity contribution in [3.8, 4) is 28.4 Å². The molecule has 0 aliphatic rings. The van der Waals surface area contributed by atoms with Crippen LogP contribution in [0.5, 0.6) is 11.5 Å². The molecule has 0 radical (unpaired) electrons. The Balaban J connectivity index is 1.81. The van der Waals surface area contributed by atoms with Crippen molar-refractivity contribution in [2.75, 3.05) is 19.5 Å². The molecule has 12 nitrogen and oxygen atoms in total. The van der Waals surface area contributed by atoms with Crippen molar-refractivity contribution in [2.45, 2.75) is 6.92 Å². The van der Waals surface area contributed by atoms with Crippen LogP contribution in [0.1, 0.15) is 15.9 Å². The first kappa shape index (κ1) is 27.9. The van der Waals surface area contributed by atoms with Crippen LogP contribution >= 0.6 is 0 Å². The lowest BCUT2D eigenvalue weighted by Crippen LogP contribution is -2.36. The number of methoxy groups -OCH3 is 2. The van der Waals surface area contributed by atoms with Crippen molar-refractivity contribution in [3.63, 3.8) is 0 Å². The van der Waals surface area contributed by atoms with Crippen LogP contribution in [0.2, 0.25) is 0 Å². The molecule has 214 valence electrons. The Morgan fingerprint density at radius 2 is 1.62 bits per heavy atom. The number of fused-ring (bicyclic) bond motifs is 1. The normalized spacial score (nSPS) is 11.0. The highest BCUT2D eigenvalue weighted by atomic mass is 16.6. The first-order valence-corrected chi connectivity index (χ1v) is 12.8. The first-order valence-electron chi connectivity index (χ1n) is 12.8. The number of hydrogen-bond acceptors (Lipinski definition) is 7. The summed E-state index contributed by atoms with van der Waals surface area (Å²) in [6.45, 7) is 1.62. The third kappa shape index (κ3) is 4.58. The Morgan fingerprint density at radius 1 is 0.929 bits per heavy atom. The Hall–Kier alpha value is -5.65. The number of rotatable bonds is 7. The summed E-state index contributed by atoms with van der Waals surface area (Å²) >= 11 is 0. The van der Waals surface area contributed by atoms with E-state index in [1.54, 1.807) is 72.3 Å². The zero-order valence-corrected chi connectivity index (χ0v) is 23.5. The SMILES string of the molecule is COc1cc(-n2cc3c(c2-c2ccc(C)c([N+](=O)[O-])c2)c(=O)n(C)c(=O)n3C)c(OC)cc1NC(=O)c1ccccc1. The average molecular weight is 570 g/mol. The van der Waals surface area contributed by atoms with Gasteiger partial charge in [-0.2, -0.15) is 0 Å². The molecule has 2 heterocycles. The highest BCUT2D eigenvalue weighted by Crippen LogP contribution is 2.40. The van der Waals surface area contributed by atoms with Gasteiger partial charge in [0, 0.05) is 55.2 Å². The standard InChI is InChI=1S/C30H27N5O7/c1-17-11-12-19(13-21(17)35(39)40)27-26-23(32(2)30(38)33(3)29(26)37)16-34(27)22-15-24(41-4)20(14-25(22)42-5)31-28(36)18-9-7-6-8-10-18/h6-16H,1-5H3,(H,31,36). The number of benzene rings is 3. The third-order valence-electron chi connectivity index (χ3n) is 7.16. The molecule has 2 aromatic heterocycles. The largest absolute Gasteiger partial charge is 0.494 e. The number of hydrogen-bond donors (Lipinski definition) is 1. The van der Waals surface area contributed by atoms with E-state index in [1.165, 1.54) is 38.9 Å². The fourth-order valence-electron chi connectivity index (χ4n) is 4.92. The van der Waals surface area contributed by atoms with E-state index in [9.17, 15) is 24.5 Å². The number of amides is 1. The number of nitrogens with zero attached hydrogens (tertiary/aromatic N) is 4. The molecule has 0 spiro atoms. The average Bonchev–Trinajstić information content (AvgIpc) is 3.40. The second kappa shape index (κ2) is 10.7. The molecular formula is C30H27N5O7. The Labute approximate surface area is 239 Å². The number of carbonyl (C=O) groups excluding carboxylic acids is 1. The van der Waals surface area contributed by atoms with E-state index in [1.807, 2.05) is 0 Å². The van der Waals surface area contributed by atoms with Gasteiger partial charge in [0.2, 0.25) is 0 Å². The molecule has 0 unspecified atom stereocenters. The van der Waals surface area contributed by atoms with Crippen LogP contribution in [-0.4, -0.2) is 38.8 Å². The van der Waals surface area contributed by atoms with Gasteiger partial charge in [-0.3, -0.25) is 28.8 Å². The van der Waals surface area contributed by atoms with E-state index in [2.05, 4.69) is 5.32 Å². The molecule has 0 saturated heterocycles. The number of nitro groups is 1. The predicted molar refractivity (Wildman–Crippen MR) is 158 cm³/mol. The molecule has 5 rings (SSSR count). The van der Waals surface area contributed by atoms with Crippen LogP contribution in [0, 0.1) is 17.0 Å². The minimum Gasteiger partial charge on any atom is -0.494 e. The molecule has 42 heavy (non-hydrogen) atoms. The fraction of sp³-hybridized carbons (Fsp3) is 0.167. The number of aromatic nitrogens is 3. The van der Waals surface area contributed by atoms with Crippen molar-refractivity contribution < 1.29 is 19.2 Å². The van der Waals surface area contributed by atoms with E-state index in [4.69, 9.17) is 9.47 Å². The van der Waals surface area contributed by atoms with Gasteiger partial charge in [-0.1, -0.05) is 30.3 Å². The molecule has 3 aromatic carbocycles. The maximum atomic E-state index is 13.5. The molecule has 12 heteroatoms. The van der Waals surface area contributed by atoms with Gasteiger partial charge in [-0.15, -0.1) is 0 Å². The zero-order chi connectivity index (χ0) is 30.3. The molecule has 5 aromatic rings. The first-order chi connectivity index (χ1) is 20.1.